The summed E-state index contributed by atoms with van der Waals surface area (Å²) in [4.78, 5) is 15.3. The van der Waals surface area contributed by atoms with E-state index in [1.54, 1.807) is 0 Å². The first kappa shape index (κ1) is 24.2. The van der Waals surface area contributed by atoms with Gasteiger partial charge in [-0.15, -0.1) is 0 Å². The zero-order valence-electron chi connectivity index (χ0n) is 22.8. The number of fused-ring (bicyclic) bond motifs is 3. The number of hydrogen-bond donors (Lipinski definition) is 0. The number of aromatic nitrogens is 3. The molecular weight excluding hydrogens is 510 g/mol. The van der Waals surface area contributed by atoms with E-state index in [0.717, 1.165) is 38.6 Å². The molecule has 7 aromatic carbocycles. The summed E-state index contributed by atoms with van der Waals surface area (Å²) in [6, 6.07) is 52.9. The summed E-state index contributed by atoms with van der Waals surface area (Å²) in [6.07, 6.45) is 0. The number of benzene rings is 7. The van der Waals surface area contributed by atoms with Gasteiger partial charge >= 0.3 is 0 Å². The third-order valence-corrected chi connectivity index (χ3v) is 7.88. The van der Waals surface area contributed by atoms with Crippen LogP contribution in [0.15, 0.2) is 152 Å². The Labute approximate surface area is 243 Å². The van der Waals surface area contributed by atoms with Crippen LogP contribution in [0.2, 0.25) is 0 Å². The highest BCUT2D eigenvalue weighted by Crippen LogP contribution is 2.38. The highest BCUT2D eigenvalue weighted by molar-refractivity contribution is 6.03. The van der Waals surface area contributed by atoms with Crippen molar-refractivity contribution in [3.63, 3.8) is 0 Å². The zero-order valence-corrected chi connectivity index (χ0v) is 22.8. The van der Waals surface area contributed by atoms with Gasteiger partial charge in [-0.3, -0.25) is 0 Å². The fraction of sp³-hybridized carbons (Fsp3) is 0. The van der Waals surface area contributed by atoms with E-state index in [1.807, 2.05) is 6.07 Å². The van der Waals surface area contributed by atoms with E-state index in [2.05, 4.69) is 146 Å². The maximum Gasteiger partial charge on any atom is 0.164 e. The van der Waals surface area contributed by atoms with Crippen LogP contribution in [0.25, 0.3) is 77.6 Å². The van der Waals surface area contributed by atoms with E-state index in [4.69, 9.17) is 15.0 Å². The minimum absolute atomic E-state index is 0.654. The summed E-state index contributed by atoms with van der Waals surface area (Å²) in [6.45, 7) is 0. The van der Waals surface area contributed by atoms with Gasteiger partial charge in [0.25, 0.3) is 0 Å². The summed E-state index contributed by atoms with van der Waals surface area (Å²) >= 11 is 0. The SMILES string of the molecule is c1ccc(-c2c(-c3nc(-c4ccc5ccccc5c4)nc(-c4ccc5ccccc5c4)n3)ccc3ccccc23)cc1. The number of hydrogen-bond acceptors (Lipinski definition) is 3. The Kier molecular flexibility index (Phi) is 5.79. The third-order valence-electron chi connectivity index (χ3n) is 7.88. The smallest absolute Gasteiger partial charge is 0.164 e. The average molecular weight is 536 g/mol. The Balaban J connectivity index is 1.41. The first-order valence-electron chi connectivity index (χ1n) is 14.1. The molecule has 0 spiro atoms. The molecule has 0 saturated heterocycles. The third kappa shape index (κ3) is 4.29. The molecule has 196 valence electrons. The molecule has 0 radical (unpaired) electrons. The lowest BCUT2D eigenvalue weighted by atomic mass is 9.93. The normalized spacial score (nSPS) is 11.3. The Hall–Kier alpha value is -5.67. The van der Waals surface area contributed by atoms with Crippen molar-refractivity contribution in [2.24, 2.45) is 0 Å². The first-order chi connectivity index (χ1) is 20.8. The second kappa shape index (κ2) is 10.1. The van der Waals surface area contributed by atoms with Gasteiger partial charge in [0.1, 0.15) is 0 Å². The van der Waals surface area contributed by atoms with Gasteiger partial charge in [-0.2, -0.15) is 0 Å². The summed E-state index contributed by atoms with van der Waals surface area (Å²) in [5, 5.41) is 7.02. The summed E-state index contributed by atoms with van der Waals surface area (Å²) < 4.78 is 0. The van der Waals surface area contributed by atoms with Crippen molar-refractivity contribution in [3.05, 3.63) is 152 Å². The van der Waals surface area contributed by atoms with Gasteiger partial charge in [0, 0.05) is 22.3 Å². The van der Waals surface area contributed by atoms with E-state index in [0.29, 0.717) is 17.5 Å². The van der Waals surface area contributed by atoms with Crippen LogP contribution in [0, 0.1) is 0 Å². The van der Waals surface area contributed by atoms with Crippen molar-refractivity contribution in [3.8, 4) is 45.3 Å². The van der Waals surface area contributed by atoms with Crippen LogP contribution in [0.1, 0.15) is 0 Å². The van der Waals surface area contributed by atoms with Crippen LogP contribution in [0.5, 0.6) is 0 Å². The maximum atomic E-state index is 5.14. The molecule has 1 aromatic heterocycles. The molecule has 0 N–H and O–H groups in total. The lowest BCUT2D eigenvalue weighted by molar-refractivity contribution is 1.08. The molecule has 1 heterocycles. The Morgan fingerprint density at radius 1 is 0.310 bits per heavy atom. The van der Waals surface area contributed by atoms with Crippen molar-refractivity contribution in [1.82, 2.24) is 15.0 Å². The van der Waals surface area contributed by atoms with Crippen LogP contribution in [-0.2, 0) is 0 Å². The maximum absolute atomic E-state index is 5.14. The molecule has 0 saturated carbocycles. The van der Waals surface area contributed by atoms with E-state index in [-0.39, 0.29) is 0 Å². The van der Waals surface area contributed by atoms with E-state index < -0.39 is 0 Å². The van der Waals surface area contributed by atoms with Crippen LogP contribution < -0.4 is 0 Å². The van der Waals surface area contributed by atoms with Gasteiger partial charge in [-0.25, -0.2) is 15.0 Å². The van der Waals surface area contributed by atoms with Crippen molar-refractivity contribution in [2.45, 2.75) is 0 Å². The van der Waals surface area contributed by atoms with E-state index >= 15 is 0 Å². The predicted molar refractivity (Wildman–Crippen MR) is 174 cm³/mol. The molecule has 0 aliphatic heterocycles. The molecule has 8 aromatic rings. The Morgan fingerprint density at radius 2 is 0.786 bits per heavy atom. The molecule has 0 aliphatic carbocycles. The second-order valence-electron chi connectivity index (χ2n) is 10.5. The standard InChI is InChI=1S/C39H25N3/c1-2-13-29(14-3-1)36-34-17-9-8-12-28(34)22-23-35(36)39-41-37(32-20-18-26-10-4-6-15-30(26)24-32)40-38(42-39)33-21-19-27-11-5-7-16-31(27)25-33/h1-25H. The molecule has 0 fully saturated rings. The molecule has 0 unspecified atom stereocenters. The molecule has 0 aliphatic rings. The van der Waals surface area contributed by atoms with E-state index in [9.17, 15) is 0 Å². The summed E-state index contributed by atoms with van der Waals surface area (Å²) in [5.41, 5.74) is 5.15. The minimum Gasteiger partial charge on any atom is -0.208 e. The molecule has 3 heteroatoms. The topological polar surface area (TPSA) is 38.7 Å². The van der Waals surface area contributed by atoms with Crippen LogP contribution >= 0.6 is 0 Å². The average Bonchev–Trinajstić information content (AvgIpc) is 3.07. The molecule has 0 atom stereocenters. The van der Waals surface area contributed by atoms with Crippen molar-refractivity contribution >= 4 is 32.3 Å². The van der Waals surface area contributed by atoms with Crippen molar-refractivity contribution in [1.29, 1.82) is 0 Å². The first-order valence-corrected chi connectivity index (χ1v) is 14.1. The lowest BCUT2D eigenvalue weighted by Crippen LogP contribution is -2.01. The summed E-state index contributed by atoms with van der Waals surface area (Å²) in [7, 11) is 0. The largest absolute Gasteiger partial charge is 0.208 e. The highest BCUT2D eigenvalue weighted by Gasteiger charge is 2.18. The molecule has 0 bridgehead atoms. The number of rotatable bonds is 4. The Morgan fingerprint density at radius 3 is 1.40 bits per heavy atom. The van der Waals surface area contributed by atoms with Crippen molar-refractivity contribution < 1.29 is 0 Å². The van der Waals surface area contributed by atoms with Gasteiger partial charge in [0.15, 0.2) is 17.5 Å². The molecule has 42 heavy (non-hydrogen) atoms. The lowest BCUT2D eigenvalue weighted by Gasteiger charge is -2.15. The number of nitrogens with zero attached hydrogens (tertiary/aromatic N) is 3. The minimum atomic E-state index is 0.654. The monoisotopic (exact) mass is 535 g/mol. The van der Waals surface area contributed by atoms with Gasteiger partial charge < -0.3 is 0 Å². The second-order valence-corrected chi connectivity index (χ2v) is 10.5. The van der Waals surface area contributed by atoms with Crippen molar-refractivity contribution in [2.75, 3.05) is 0 Å². The zero-order chi connectivity index (χ0) is 27.9. The fourth-order valence-corrected chi connectivity index (χ4v) is 5.79. The highest BCUT2D eigenvalue weighted by atomic mass is 15.0. The molecular formula is C39H25N3. The van der Waals surface area contributed by atoms with Gasteiger partial charge in [0.2, 0.25) is 0 Å². The van der Waals surface area contributed by atoms with Gasteiger partial charge in [0.05, 0.1) is 0 Å². The quantitative estimate of drug-likeness (QED) is 0.225. The van der Waals surface area contributed by atoms with Crippen LogP contribution in [0.4, 0.5) is 0 Å². The fourth-order valence-electron chi connectivity index (χ4n) is 5.79. The van der Waals surface area contributed by atoms with E-state index in [1.165, 1.54) is 21.5 Å². The van der Waals surface area contributed by atoms with Gasteiger partial charge in [-0.05, 0) is 56.1 Å². The molecule has 8 rings (SSSR count). The van der Waals surface area contributed by atoms with Crippen LogP contribution in [0.3, 0.4) is 0 Å². The van der Waals surface area contributed by atoms with Gasteiger partial charge in [-0.1, -0.05) is 133 Å². The molecule has 3 nitrogen and oxygen atoms in total. The summed E-state index contributed by atoms with van der Waals surface area (Å²) in [5.74, 6) is 1.96. The molecule has 0 amide bonds. The predicted octanol–water partition coefficient (Wildman–Crippen LogP) is 10.00. The Bertz CT molecular complexity index is 2160. The van der Waals surface area contributed by atoms with Crippen LogP contribution in [-0.4, -0.2) is 15.0 Å².